The minimum absolute atomic E-state index is 0.0493. The zero-order valence-electron chi connectivity index (χ0n) is 24.0. The number of fused-ring (bicyclic) bond motifs is 2. The number of hydrogen-bond acceptors (Lipinski definition) is 10. The van der Waals surface area contributed by atoms with Crippen LogP contribution in [0.15, 0.2) is 85.2 Å². The first kappa shape index (κ1) is 28.4. The van der Waals surface area contributed by atoms with Crippen LogP contribution in [0.3, 0.4) is 0 Å². The molecule has 2 saturated heterocycles. The van der Waals surface area contributed by atoms with Crippen LogP contribution in [0.25, 0.3) is 11.3 Å². The molecular formula is C32H34N6O3S2. The molecule has 0 radical (unpaired) electrons. The lowest BCUT2D eigenvalue weighted by Gasteiger charge is -2.31. The van der Waals surface area contributed by atoms with Crippen LogP contribution in [0.4, 0.5) is 11.4 Å². The van der Waals surface area contributed by atoms with Gasteiger partial charge in [0.2, 0.25) is 5.56 Å². The highest BCUT2D eigenvalue weighted by atomic mass is 32.2. The Hall–Kier alpha value is -3.35. The van der Waals surface area contributed by atoms with Gasteiger partial charge in [0, 0.05) is 87.2 Å². The number of pyridine rings is 1. The maximum atomic E-state index is 12.7. The van der Waals surface area contributed by atoms with Crippen molar-refractivity contribution in [3.8, 4) is 11.3 Å². The van der Waals surface area contributed by atoms with Crippen molar-refractivity contribution < 1.29 is 9.47 Å². The molecule has 0 bridgehead atoms. The van der Waals surface area contributed by atoms with E-state index in [1.54, 1.807) is 29.6 Å². The first-order chi connectivity index (χ1) is 21.1. The topological polar surface area (TPSA) is 95.6 Å². The van der Waals surface area contributed by atoms with Gasteiger partial charge >= 0.3 is 0 Å². The molecule has 1 atom stereocenters. The minimum Gasteiger partial charge on any atom is -0.379 e. The zero-order valence-corrected chi connectivity index (χ0v) is 25.7. The van der Waals surface area contributed by atoms with Crippen LogP contribution in [-0.2, 0) is 9.47 Å². The van der Waals surface area contributed by atoms with Crippen LogP contribution >= 0.6 is 23.5 Å². The standard InChI is InChI=1S/C32H34N6O3S2/c1-21-7-8-33-32(34-21)26(20-37-9-13-40-14-10-37)35-22-5-6-27-29(17-22)42-28-4-2-3-24(31(28)43-27)25-18-23(19-30(39)36-25)38-11-15-41-16-12-38/h2-8,17-19,26,35H,9-16,20H2,1H3,(H,36,39). The van der Waals surface area contributed by atoms with Gasteiger partial charge in [0.1, 0.15) is 0 Å². The molecule has 7 rings (SSSR count). The molecule has 2 N–H and O–H groups in total. The number of benzene rings is 2. The van der Waals surface area contributed by atoms with Crippen molar-refractivity contribution in [1.82, 2.24) is 19.9 Å². The van der Waals surface area contributed by atoms with E-state index >= 15 is 0 Å². The van der Waals surface area contributed by atoms with E-state index in [1.807, 2.05) is 19.2 Å². The second-order valence-corrected chi connectivity index (χ2v) is 13.0. The Kier molecular flexibility index (Phi) is 8.40. The van der Waals surface area contributed by atoms with Crippen molar-refractivity contribution in [3.05, 3.63) is 82.7 Å². The van der Waals surface area contributed by atoms with Gasteiger partial charge in [-0.25, -0.2) is 9.97 Å². The number of hydrogen-bond donors (Lipinski definition) is 2. The number of nitrogens with zero attached hydrogens (tertiary/aromatic N) is 4. The predicted molar refractivity (Wildman–Crippen MR) is 171 cm³/mol. The van der Waals surface area contributed by atoms with Gasteiger partial charge < -0.3 is 24.7 Å². The van der Waals surface area contributed by atoms with E-state index < -0.39 is 0 Å². The van der Waals surface area contributed by atoms with Crippen molar-refractivity contribution in [2.45, 2.75) is 32.5 Å². The summed E-state index contributed by atoms with van der Waals surface area (Å²) in [5.41, 5.74) is 4.72. The fourth-order valence-electron chi connectivity index (χ4n) is 5.65. The highest BCUT2D eigenvalue weighted by molar-refractivity contribution is 8.05. The van der Waals surface area contributed by atoms with Gasteiger partial charge in [-0.05, 0) is 43.3 Å². The van der Waals surface area contributed by atoms with Crippen LogP contribution in [0, 0.1) is 6.92 Å². The molecule has 1 unspecified atom stereocenters. The van der Waals surface area contributed by atoms with Crippen molar-refractivity contribution in [3.63, 3.8) is 0 Å². The fourth-order valence-corrected chi connectivity index (χ4v) is 8.07. The molecule has 3 aliphatic heterocycles. The van der Waals surface area contributed by atoms with Gasteiger partial charge in [-0.1, -0.05) is 35.7 Å². The largest absolute Gasteiger partial charge is 0.379 e. The molecule has 9 nitrogen and oxygen atoms in total. The highest BCUT2D eigenvalue weighted by Crippen LogP contribution is 2.52. The first-order valence-corrected chi connectivity index (χ1v) is 16.3. The number of aromatic nitrogens is 3. The van der Waals surface area contributed by atoms with Crippen LogP contribution < -0.4 is 15.8 Å². The normalized spacial score (nSPS) is 17.7. The van der Waals surface area contributed by atoms with E-state index in [1.165, 1.54) is 14.7 Å². The average molecular weight is 615 g/mol. The van der Waals surface area contributed by atoms with E-state index in [0.717, 1.165) is 85.0 Å². The van der Waals surface area contributed by atoms with Crippen LogP contribution in [0.2, 0.25) is 0 Å². The Morgan fingerprint density at radius 3 is 2.56 bits per heavy atom. The van der Waals surface area contributed by atoms with Gasteiger partial charge in [0.25, 0.3) is 0 Å². The third-order valence-electron chi connectivity index (χ3n) is 7.86. The molecule has 0 spiro atoms. The summed E-state index contributed by atoms with van der Waals surface area (Å²) in [5.74, 6) is 0.800. The molecule has 2 aromatic heterocycles. The molecule has 2 aromatic carbocycles. The summed E-state index contributed by atoms with van der Waals surface area (Å²) in [6, 6.07) is 18.5. The Morgan fingerprint density at radius 2 is 1.74 bits per heavy atom. The first-order valence-electron chi connectivity index (χ1n) is 14.7. The Morgan fingerprint density at radius 1 is 0.930 bits per heavy atom. The third-order valence-corrected chi connectivity index (χ3v) is 10.5. The quantitative estimate of drug-likeness (QED) is 0.259. The molecule has 0 aliphatic carbocycles. The number of rotatable bonds is 7. The van der Waals surface area contributed by atoms with Crippen molar-refractivity contribution in [2.24, 2.45) is 0 Å². The summed E-state index contributed by atoms with van der Waals surface area (Å²) in [6.07, 6.45) is 1.84. The second-order valence-electron chi connectivity index (χ2n) is 10.9. The smallest absolute Gasteiger partial charge is 0.250 e. The number of morpholine rings is 2. The molecule has 5 heterocycles. The summed E-state index contributed by atoms with van der Waals surface area (Å²) >= 11 is 3.52. The summed E-state index contributed by atoms with van der Waals surface area (Å²) in [5, 5.41) is 3.74. The number of nitrogens with one attached hydrogen (secondary N) is 2. The monoisotopic (exact) mass is 614 g/mol. The molecule has 0 saturated carbocycles. The van der Waals surface area contributed by atoms with Gasteiger partial charge in [0.15, 0.2) is 5.82 Å². The van der Waals surface area contributed by atoms with E-state index in [-0.39, 0.29) is 11.6 Å². The highest BCUT2D eigenvalue weighted by Gasteiger charge is 2.24. The number of anilines is 2. The van der Waals surface area contributed by atoms with Crippen molar-refractivity contribution in [1.29, 1.82) is 0 Å². The Bertz CT molecular complexity index is 1670. The molecule has 2 fully saturated rings. The molecular weight excluding hydrogens is 581 g/mol. The molecule has 222 valence electrons. The lowest BCUT2D eigenvalue weighted by atomic mass is 10.1. The van der Waals surface area contributed by atoms with Crippen LogP contribution in [0.5, 0.6) is 0 Å². The van der Waals surface area contributed by atoms with Crippen molar-refractivity contribution in [2.75, 3.05) is 69.4 Å². The third kappa shape index (κ3) is 6.46. The lowest BCUT2D eigenvalue weighted by molar-refractivity contribution is 0.0357. The summed E-state index contributed by atoms with van der Waals surface area (Å²) < 4.78 is 11.1. The minimum atomic E-state index is -0.0922. The van der Waals surface area contributed by atoms with Crippen LogP contribution in [-0.4, -0.2) is 79.0 Å². The van der Waals surface area contributed by atoms with Crippen LogP contribution in [0.1, 0.15) is 17.6 Å². The second kappa shape index (κ2) is 12.7. The Balaban J connectivity index is 1.15. The lowest BCUT2D eigenvalue weighted by Crippen LogP contribution is -2.40. The predicted octanol–water partition coefficient (Wildman–Crippen LogP) is 5.08. The summed E-state index contributed by atoms with van der Waals surface area (Å²) in [4.78, 5) is 34.5. The van der Waals surface area contributed by atoms with E-state index in [0.29, 0.717) is 13.2 Å². The molecule has 11 heteroatoms. The summed E-state index contributed by atoms with van der Waals surface area (Å²) in [7, 11) is 0. The van der Waals surface area contributed by atoms with Gasteiger partial charge in [0.05, 0.1) is 38.2 Å². The molecule has 0 amide bonds. The SMILES string of the molecule is Cc1ccnc(C(CN2CCOCC2)Nc2ccc3c(c2)Sc2cccc(-c4cc(N5CCOCC5)cc(=O)[nH]4)c2S3)n1. The molecule has 4 aromatic rings. The molecule has 3 aliphatic rings. The maximum absolute atomic E-state index is 12.7. The Labute approximate surface area is 259 Å². The van der Waals surface area contributed by atoms with Gasteiger partial charge in [-0.3, -0.25) is 9.69 Å². The molecule has 43 heavy (non-hydrogen) atoms. The van der Waals surface area contributed by atoms with E-state index in [2.05, 4.69) is 67.5 Å². The fraction of sp³-hybridized carbons (Fsp3) is 0.344. The average Bonchev–Trinajstić information content (AvgIpc) is 3.04. The van der Waals surface area contributed by atoms with Gasteiger partial charge in [-0.2, -0.15) is 0 Å². The number of H-pyrrole nitrogens is 1. The van der Waals surface area contributed by atoms with E-state index in [4.69, 9.17) is 14.5 Å². The summed E-state index contributed by atoms with van der Waals surface area (Å²) in [6.45, 7) is 9.04. The number of aryl methyl sites for hydroxylation is 1. The zero-order chi connectivity index (χ0) is 29.2. The maximum Gasteiger partial charge on any atom is 0.250 e. The number of ether oxygens (including phenoxy) is 2. The van der Waals surface area contributed by atoms with Crippen molar-refractivity contribution >= 4 is 34.9 Å². The van der Waals surface area contributed by atoms with Gasteiger partial charge in [-0.15, -0.1) is 0 Å². The van der Waals surface area contributed by atoms with E-state index in [9.17, 15) is 4.79 Å². The number of aromatic amines is 1.